The molecule has 0 aromatic carbocycles. The van der Waals surface area contributed by atoms with E-state index in [0.29, 0.717) is 4.88 Å². The van der Waals surface area contributed by atoms with Crippen molar-refractivity contribution in [2.24, 2.45) is 5.73 Å². The molecule has 1 heterocycles. The van der Waals surface area contributed by atoms with Crippen LogP contribution in [0.4, 0.5) is 8.78 Å². The normalized spacial score (nSPS) is 13.9. The molecule has 2 N–H and O–H groups in total. The Morgan fingerprint density at radius 1 is 1.45 bits per heavy atom. The molecule has 0 fully saturated rings. The van der Waals surface area contributed by atoms with E-state index in [4.69, 9.17) is 5.73 Å². The van der Waals surface area contributed by atoms with Crippen LogP contribution in [0, 0.1) is 6.92 Å². The summed E-state index contributed by atoms with van der Waals surface area (Å²) >= 11 is 1.32. The van der Waals surface area contributed by atoms with Gasteiger partial charge in [0.05, 0.1) is 0 Å². The van der Waals surface area contributed by atoms with Gasteiger partial charge in [0, 0.05) is 9.75 Å². The second kappa shape index (κ2) is 3.28. The summed E-state index contributed by atoms with van der Waals surface area (Å²) in [7, 11) is 0. The van der Waals surface area contributed by atoms with Crippen molar-refractivity contribution < 1.29 is 8.78 Å². The molecule has 1 rings (SSSR count). The Kier molecular flexibility index (Phi) is 2.57. The maximum atomic E-state index is 12.0. The molecule has 1 atom stereocenters. The van der Waals surface area contributed by atoms with E-state index >= 15 is 0 Å². The fourth-order valence-electron chi connectivity index (χ4n) is 0.757. The van der Waals surface area contributed by atoms with Crippen molar-refractivity contribution in [2.45, 2.75) is 19.4 Å². The summed E-state index contributed by atoms with van der Waals surface area (Å²) in [6.45, 7) is 1.87. The number of nitrogens with two attached hydrogens (primary N) is 1. The molecule has 0 radical (unpaired) electrons. The number of alkyl halides is 2. The Hall–Kier alpha value is -0.480. The summed E-state index contributed by atoms with van der Waals surface area (Å²) in [5.74, 6) is 0. The Morgan fingerprint density at radius 3 is 2.45 bits per heavy atom. The van der Waals surface area contributed by atoms with Crippen LogP contribution in [-0.4, -0.2) is 6.43 Å². The van der Waals surface area contributed by atoms with E-state index in [0.717, 1.165) is 4.88 Å². The molecule has 4 heteroatoms. The molecular formula is C7H9F2NS. The molecule has 62 valence electrons. The number of halogens is 2. The molecule has 1 nitrogen and oxygen atoms in total. The predicted molar refractivity (Wildman–Crippen MR) is 42.0 cm³/mol. The zero-order valence-corrected chi connectivity index (χ0v) is 6.87. The summed E-state index contributed by atoms with van der Waals surface area (Å²) in [6, 6.07) is 2.33. The van der Waals surface area contributed by atoms with Gasteiger partial charge in [0.25, 0.3) is 6.43 Å². The van der Waals surface area contributed by atoms with Crippen molar-refractivity contribution in [1.82, 2.24) is 0 Å². The molecule has 0 bridgehead atoms. The van der Waals surface area contributed by atoms with E-state index in [1.165, 1.54) is 11.3 Å². The quantitative estimate of drug-likeness (QED) is 0.737. The smallest absolute Gasteiger partial charge is 0.258 e. The predicted octanol–water partition coefficient (Wildman–Crippen LogP) is 2.32. The van der Waals surface area contributed by atoms with Crippen LogP contribution in [0.5, 0.6) is 0 Å². The third-order valence-electron chi connectivity index (χ3n) is 1.36. The largest absolute Gasteiger partial charge is 0.319 e. The third-order valence-corrected chi connectivity index (χ3v) is 2.46. The maximum absolute atomic E-state index is 12.0. The lowest BCUT2D eigenvalue weighted by atomic mass is 10.3. The highest BCUT2D eigenvalue weighted by Gasteiger charge is 2.18. The number of aryl methyl sites for hydroxylation is 1. The molecule has 0 spiro atoms. The van der Waals surface area contributed by atoms with Gasteiger partial charge in [0.1, 0.15) is 6.04 Å². The first-order chi connectivity index (χ1) is 5.11. The van der Waals surface area contributed by atoms with Crippen molar-refractivity contribution in [3.63, 3.8) is 0 Å². The SMILES string of the molecule is Cc1ccc([C@H](N)C(F)F)s1. The van der Waals surface area contributed by atoms with Gasteiger partial charge < -0.3 is 5.73 Å². The molecular weight excluding hydrogens is 168 g/mol. The van der Waals surface area contributed by atoms with Gasteiger partial charge in [-0.3, -0.25) is 0 Å². The molecule has 0 saturated heterocycles. The lowest BCUT2D eigenvalue weighted by Crippen LogP contribution is -2.17. The van der Waals surface area contributed by atoms with Gasteiger partial charge >= 0.3 is 0 Å². The van der Waals surface area contributed by atoms with Gasteiger partial charge in [0.2, 0.25) is 0 Å². The Balaban J connectivity index is 2.76. The van der Waals surface area contributed by atoms with Crippen LogP contribution in [0.15, 0.2) is 12.1 Å². The van der Waals surface area contributed by atoms with E-state index in [2.05, 4.69) is 0 Å². The van der Waals surface area contributed by atoms with Crippen molar-refractivity contribution >= 4 is 11.3 Å². The van der Waals surface area contributed by atoms with E-state index < -0.39 is 12.5 Å². The Bertz CT molecular complexity index is 234. The van der Waals surface area contributed by atoms with Crippen molar-refractivity contribution in [1.29, 1.82) is 0 Å². The summed E-state index contributed by atoms with van der Waals surface area (Å²) in [5, 5.41) is 0. The molecule has 0 aliphatic carbocycles. The highest BCUT2D eigenvalue weighted by atomic mass is 32.1. The lowest BCUT2D eigenvalue weighted by molar-refractivity contribution is 0.118. The van der Waals surface area contributed by atoms with Crippen molar-refractivity contribution in [3.8, 4) is 0 Å². The fraction of sp³-hybridized carbons (Fsp3) is 0.429. The van der Waals surface area contributed by atoms with Gasteiger partial charge in [-0.2, -0.15) is 0 Å². The molecule has 1 aromatic rings. The molecule has 1 aromatic heterocycles. The molecule has 0 amide bonds. The van der Waals surface area contributed by atoms with Gasteiger partial charge in [-0.15, -0.1) is 11.3 Å². The minimum absolute atomic E-state index is 0.553. The average Bonchev–Trinajstić information content (AvgIpc) is 2.34. The lowest BCUT2D eigenvalue weighted by Gasteiger charge is -2.06. The van der Waals surface area contributed by atoms with E-state index in [1.54, 1.807) is 12.1 Å². The third kappa shape index (κ3) is 1.97. The molecule has 0 aliphatic heterocycles. The molecule has 11 heavy (non-hydrogen) atoms. The number of rotatable bonds is 2. The topological polar surface area (TPSA) is 26.0 Å². The van der Waals surface area contributed by atoms with Crippen LogP contribution in [0.25, 0.3) is 0 Å². The number of hydrogen-bond donors (Lipinski definition) is 1. The van der Waals surface area contributed by atoms with Crippen LogP contribution >= 0.6 is 11.3 Å². The summed E-state index contributed by atoms with van der Waals surface area (Å²) in [6.07, 6.45) is -2.46. The van der Waals surface area contributed by atoms with E-state index in [9.17, 15) is 8.78 Å². The Labute approximate surface area is 67.8 Å². The minimum Gasteiger partial charge on any atom is -0.319 e. The first kappa shape index (κ1) is 8.62. The number of hydrogen-bond acceptors (Lipinski definition) is 2. The molecule has 0 aliphatic rings. The highest BCUT2D eigenvalue weighted by molar-refractivity contribution is 7.12. The fourth-order valence-corrected chi connectivity index (χ4v) is 1.64. The van der Waals surface area contributed by atoms with E-state index in [1.807, 2.05) is 6.92 Å². The monoisotopic (exact) mass is 177 g/mol. The van der Waals surface area contributed by atoms with Gasteiger partial charge in [-0.05, 0) is 19.1 Å². The van der Waals surface area contributed by atoms with Crippen molar-refractivity contribution in [2.75, 3.05) is 0 Å². The van der Waals surface area contributed by atoms with Gasteiger partial charge in [-0.25, -0.2) is 8.78 Å². The highest BCUT2D eigenvalue weighted by Crippen LogP contribution is 2.24. The molecule has 0 saturated carbocycles. The molecule has 0 unspecified atom stereocenters. The van der Waals surface area contributed by atoms with E-state index in [-0.39, 0.29) is 0 Å². The minimum atomic E-state index is -2.46. The van der Waals surface area contributed by atoms with Gasteiger partial charge in [-0.1, -0.05) is 0 Å². The van der Waals surface area contributed by atoms with Crippen LogP contribution in [-0.2, 0) is 0 Å². The summed E-state index contributed by atoms with van der Waals surface area (Å²) in [5.41, 5.74) is 5.21. The zero-order valence-electron chi connectivity index (χ0n) is 6.05. The summed E-state index contributed by atoms with van der Waals surface area (Å²) in [4.78, 5) is 1.56. The standard InChI is InChI=1S/C7H9F2NS/c1-4-2-3-5(11-4)6(10)7(8)9/h2-3,6-7H,10H2,1H3/t6-/m0/s1. The second-order valence-corrected chi connectivity index (χ2v) is 3.63. The van der Waals surface area contributed by atoms with Gasteiger partial charge in [0.15, 0.2) is 0 Å². The van der Waals surface area contributed by atoms with Crippen LogP contribution in [0.1, 0.15) is 15.8 Å². The maximum Gasteiger partial charge on any atom is 0.258 e. The number of thiophene rings is 1. The second-order valence-electron chi connectivity index (χ2n) is 2.31. The van der Waals surface area contributed by atoms with Crippen molar-refractivity contribution in [3.05, 3.63) is 21.9 Å². The first-order valence-corrected chi connectivity index (χ1v) is 4.03. The van der Waals surface area contributed by atoms with Crippen LogP contribution in [0.2, 0.25) is 0 Å². The average molecular weight is 177 g/mol. The summed E-state index contributed by atoms with van der Waals surface area (Å²) < 4.78 is 24.0. The zero-order chi connectivity index (χ0) is 8.43. The van der Waals surface area contributed by atoms with Crippen LogP contribution in [0.3, 0.4) is 0 Å². The van der Waals surface area contributed by atoms with Crippen LogP contribution < -0.4 is 5.73 Å². The Morgan fingerprint density at radius 2 is 2.09 bits per heavy atom. The first-order valence-electron chi connectivity index (χ1n) is 3.21.